The quantitative estimate of drug-likeness (QED) is 0.291. The minimum atomic E-state index is -3.45. The average molecular weight is 561 g/mol. The predicted octanol–water partition coefficient (Wildman–Crippen LogP) is 6.22. The van der Waals surface area contributed by atoms with E-state index in [1.807, 2.05) is 86.6 Å². The number of nitrogens with zero attached hydrogens (tertiary/aromatic N) is 1. The Hall–Kier alpha value is -3.81. The molecule has 0 bridgehead atoms. The number of ether oxygens (including phenoxy) is 1. The predicted molar refractivity (Wildman–Crippen MR) is 156 cm³/mol. The van der Waals surface area contributed by atoms with Gasteiger partial charge in [0, 0.05) is 22.0 Å². The summed E-state index contributed by atoms with van der Waals surface area (Å²) < 4.78 is 31.8. The van der Waals surface area contributed by atoms with E-state index in [4.69, 9.17) is 16.3 Å². The maximum atomic E-state index is 14.8. The van der Waals surface area contributed by atoms with Gasteiger partial charge in [0.1, 0.15) is 11.2 Å². The first-order chi connectivity index (χ1) is 18.6. The normalized spacial score (nSPS) is 16.7. The number of anilines is 2. The van der Waals surface area contributed by atoms with E-state index >= 15 is 0 Å². The zero-order valence-electron chi connectivity index (χ0n) is 22.2. The SMILES string of the molecule is COc1c(C)cc(C2(c3ccc(NS(C)(=O)=O)cc3)C(=O)N(Cc3ccccc3Cl)c3ccccc32)cc1C. The third kappa shape index (κ3) is 4.66. The molecule has 5 rings (SSSR count). The van der Waals surface area contributed by atoms with Crippen LogP contribution in [0.1, 0.15) is 33.4 Å². The summed E-state index contributed by atoms with van der Waals surface area (Å²) in [7, 11) is -1.82. The number of halogens is 1. The lowest BCUT2D eigenvalue weighted by Gasteiger charge is -2.31. The number of hydrogen-bond donors (Lipinski definition) is 1. The summed E-state index contributed by atoms with van der Waals surface area (Å²) in [4.78, 5) is 16.6. The summed E-state index contributed by atoms with van der Waals surface area (Å²) in [6.07, 6.45) is 1.11. The van der Waals surface area contributed by atoms with Crippen molar-refractivity contribution < 1.29 is 17.9 Å². The summed E-state index contributed by atoms with van der Waals surface area (Å²) in [5, 5.41) is 0.590. The van der Waals surface area contributed by atoms with Gasteiger partial charge in [-0.2, -0.15) is 0 Å². The van der Waals surface area contributed by atoms with Crippen molar-refractivity contribution in [3.8, 4) is 5.75 Å². The number of benzene rings is 4. The van der Waals surface area contributed by atoms with E-state index in [1.54, 1.807) is 24.1 Å². The summed E-state index contributed by atoms with van der Waals surface area (Å²) in [6, 6.07) is 26.3. The molecule has 0 spiro atoms. The van der Waals surface area contributed by atoms with Crippen molar-refractivity contribution in [3.05, 3.63) is 123 Å². The number of carbonyl (C=O) groups excluding carboxylic acids is 1. The summed E-state index contributed by atoms with van der Waals surface area (Å²) in [5.74, 6) is 0.657. The first-order valence-electron chi connectivity index (χ1n) is 12.4. The van der Waals surface area contributed by atoms with Crippen LogP contribution in [0, 0.1) is 13.8 Å². The molecule has 1 N–H and O–H groups in total. The van der Waals surface area contributed by atoms with Gasteiger partial charge in [0.25, 0.3) is 0 Å². The van der Waals surface area contributed by atoms with Crippen LogP contribution in [-0.4, -0.2) is 27.7 Å². The number of para-hydroxylation sites is 1. The van der Waals surface area contributed by atoms with Crippen LogP contribution >= 0.6 is 11.6 Å². The van der Waals surface area contributed by atoms with Crippen LogP contribution in [0.15, 0.2) is 84.9 Å². The van der Waals surface area contributed by atoms with Crippen molar-refractivity contribution in [1.29, 1.82) is 0 Å². The van der Waals surface area contributed by atoms with Crippen LogP contribution in [-0.2, 0) is 26.8 Å². The van der Waals surface area contributed by atoms with E-state index in [0.717, 1.165) is 51.1 Å². The maximum absolute atomic E-state index is 14.8. The lowest BCUT2D eigenvalue weighted by molar-refractivity contribution is -0.120. The summed E-state index contributed by atoms with van der Waals surface area (Å²) in [6.45, 7) is 4.24. The van der Waals surface area contributed by atoms with Gasteiger partial charge in [-0.1, -0.05) is 72.3 Å². The van der Waals surface area contributed by atoms with Crippen LogP contribution in [0.5, 0.6) is 5.75 Å². The van der Waals surface area contributed by atoms with Gasteiger partial charge in [-0.3, -0.25) is 9.52 Å². The molecule has 0 radical (unpaired) electrons. The van der Waals surface area contributed by atoms with Crippen molar-refractivity contribution in [2.24, 2.45) is 0 Å². The fourth-order valence-corrected chi connectivity index (χ4v) is 6.38. The van der Waals surface area contributed by atoms with Gasteiger partial charge in [0.05, 0.1) is 19.9 Å². The Morgan fingerprint density at radius 1 is 0.897 bits per heavy atom. The second-order valence-corrected chi connectivity index (χ2v) is 12.0. The van der Waals surface area contributed by atoms with Crippen LogP contribution in [0.4, 0.5) is 11.4 Å². The molecule has 0 fully saturated rings. The average Bonchev–Trinajstić information content (AvgIpc) is 3.13. The van der Waals surface area contributed by atoms with E-state index in [9.17, 15) is 13.2 Å². The third-order valence-corrected chi connectivity index (χ3v) is 8.14. The van der Waals surface area contributed by atoms with Crippen LogP contribution in [0.2, 0.25) is 5.02 Å². The molecule has 6 nitrogen and oxygen atoms in total. The minimum absolute atomic E-state index is 0.114. The highest BCUT2D eigenvalue weighted by molar-refractivity contribution is 7.92. The lowest BCUT2D eigenvalue weighted by atomic mass is 9.69. The number of nitrogens with one attached hydrogen (secondary N) is 1. The molecule has 200 valence electrons. The zero-order chi connectivity index (χ0) is 27.9. The van der Waals surface area contributed by atoms with Gasteiger partial charge >= 0.3 is 0 Å². The van der Waals surface area contributed by atoms with Gasteiger partial charge in [0.15, 0.2) is 0 Å². The second kappa shape index (κ2) is 10.1. The molecule has 0 aromatic heterocycles. The highest BCUT2D eigenvalue weighted by Crippen LogP contribution is 2.52. The Bertz CT molecular complexity index is 1660. The number of rotatable bonds is 7. The minimum Gasteiger partial charge on any atom is -0.496 e. The van der Waals surface area contributed by atoms with Crippen LogP contribution in [0.25, 0.3) is 0 Å². The number of amides is 1. The molecule has 0 aliphatic carbocycles. The number of fused-ring (bicyclic) bond motifs is 1. The topological polar surface area (TPSA) is 75.7 Å². The summed E-state index contributed by atoms with van der Waals surface area (Å²) in [5.41, 5.74) is 5.09. The molecule has 0 saturated heterocycles. The summed E-state index contributed by atoms with van der Waals surface area (Å²) >= 11 is 6.52. The standard InChI is InChI=1S/C31H29ClN2O4S/c1-20-17-24(18-21(2)29(20)38-3)31(23-13-15-25(16-14-23)33-39(4,36)37)26-10-6-8-12-28(26)34(30(31)35)19-22-9-5-7-11-27(22)32/h5-18,33H,19H2,1-4H3. The number of aryl methyl sites for hydroxylation is 2. The maximum Gasteiger partial charge on any atom is 0.247 e. The van der Waals surface area contributed by atoms with E-state index < -0.39 is 15.4 Å². The molecule has 1 amide bonds. The van der Waals surface area contributed by atoms with E-state index in [2.05, 4.69) is 4.72 Å². The van der Waals surface area contributed by atoms with Gasteiger partial charge < -0.3 is 9.64 Å². The molecule has 39 heavy (non-hydrogen) atoms. The zero-order valence-corrected chi connectivity index (χ0v) is 23.7. The van der Waals surface area contributed by atoms with E-state index in [0.29, 0.717) is 17.3 Å². The van der Waals surface area contributed by atoms with Gasteiger partial charge in [0.2, 0.25) is 15.9 Å². The van der Waals surface area contributed by atoms with Gasteiger partial charge in [-0.15, -0.1) is 0 Å². The Morgan fingerprint density at radius 3 is 2.13 bits per heavy atom. The Labute approximate surface area is 234 Å². The van der Waals surface area contributed by atoms with E-state index in [-0.39, 0.29) is 5.91 Å². The highest BCUT2D eigenvalue weighted by atomic mass is 35.5. The second-order valence-electron chi connectivity index (χ2n) is 9.84. The Morgan fingerprint density at radius 2 is 1.51 bits per heavy atom. The lowest BCUT2D eigenvalue weighted by Crippen LogP contribution is -2.42. The largest absolute Gasteiger partial charge is 0.496 e. The highest BCUT2D eigenvalue weighted by Gasteiger charge is 2.53. The van der Waals surface area contributed by atoms with Crippen molar-refractivity contribution in [1.82, 2.24) is 0 Å². The number of carbonyl (C=O) groups is 1. The molecule has 1 aliphatic rings. The molecule has 4 aromatic carbocycles. The number of methoxy groups -OCH3 is 1. The smallest absolute Gasteiger partial charge is 0.247 e. The van der Waals surface area contributed by atoms with Crippen LogP contribution < -0.4 is 14.4 Å². The molecular weight excluding hydrogens is 532 g/mol. The molecule has 4 aromatic rings. The van der Waals surface area contributed by atoms with Gasteiger partial charge in [-0.05, 0) is 65.9 Å². The molecular formula is C31H29ClN2O4S. The molecule has 1 aliphatic heterocycles. The molecule has 0 saturated carbocycles. The number of hydrogen-bond acceptors (Lipinski definition) is 4. The Kier molecular flexibility index (Phi) is 6.91. The molecule has 1 unspecified atom stereocenters. The van der Waals surface area contributed by atoms with Crippen LogP contribution in [0.3, 0.4) is 0 Å². The monoisotopic (exact) mass is 560 g/mol. The Balaban J connectivity index is 1.77. The fourth-order valence-electron chi connectivity index (χ4n) is 5.62. The molecule has 8 heteroatoms. The van der Waals surface area contributed by atoms with E-state index in [1.165, 1.54) is 0 Å². The van der Waals surface area contributed by atoms with Crippen molar-refractivity contribution in [2.75, 3.05) is 23.0 Å². The third-order valence-electron chi connectivity index (χ3n) is 7.17. The fraction of sp³-hybridized carbons (Fsp3) is 0.194. The molecule has 1 heterocycles. The first kappa shape index (κ1) is 26.8. The van der Waals surface area contributed by atoms with Crippen molar-refractivity contribution in [2.45, 2.75) is 25.8 Å². The number of sulfonamides is 1. The van der Waals surface area contributed by atoms with Crippen molar-refractivity contribution >= 4 is 38.9 Å². The van der Waals surface area contributed by atoms with Gasteiger partial charge in [-0.25, -0.2) is 8.42 Å². The first-order valence-corrected chi connectivity index (χ1v) is 14.7. The molecule has 1 atom stereocenters. The van der Waals surface area contributed by atoms with Crippen molar-refractivity contribution in [3.63, 3.8) is 0 Å².